The van der Waals surface area contributed by atoms with Crippen LogP contribution in [0.2, 0.25) is 0 Å². The van der Waals surface area contributed by atoms with E-state index in [0.29, 0.717) is 13.1 Å². The molecule has 0 amide bonds. The number of H-pyrrole nitrogens is 1. The molecule has 0 radical (unpaired) electrons. The maximum Gasteiger partial charge on any atom is 0.246 e. The van der Waals surface area contributed by atoms with E-state index in [1.54, 1.807) is 0 Å². The van der Waals surface area contributed by atoms with Crippen molar-refractivity contribution in [3.8, 4) is 0 Å². The largest absolute Gasteiger partial charge is 0.396 e. The van der Waals surface area contributed by atoms with Crippen LogP contribution in [0.25, 0.3) is 0 Å². The van der Waals surface area contributed by atoms with E-state index in [1.165, 1.54) is 47.1 Å². The smallest absolute Gasteiger partial charge is 0.246 e. The third-order valence-corrected chi connectivity index (χ3v) is 9.07. The number of allylic oxidation sites excluding steroid dienone is 1. The predicted octanol–water partition coefficient (Wildman–Crippen LogP) is 1.85. The molecule has 0 bridgehead atoms. The molecule has 3 aliphatic rings. The molecule has 4 rings (SSSR count). The maximum atomic E-state index is 12.9. The Labute approximate surface area is 167 Å². The fourth-order valence-electron chi connectivity index (χ4n) is 5.55. The molecule has 28 heavy (non-hydrogen) atoms. The Morgan fingerprint density at radius 2 is 2.11 bits per heavy atom. The minimum atomic E-state index is -3.56. The monoisotopic (exact) mass is 408 g/mol. The molecule has 156 valence electrons. The van der Waals surface area contributed by atoms with Gasteiger partial charge in [0.05, 0.1) is 12.8 Å². The van der Waals surface area contributed by atoms with Gasteiger partial charge in [-0.3, -0.25) is 10.00 Å². The zero-order valence-corrected chi connectivity index (χ0v) is 17.9. The Morgan fingerprint density at radius 1 is 1.32 bits per heavy atom. The fraction of sp³-hybridized carbons (Fsp3) is 0.750. The Balaban J connectivity index is 1.51. The van der Waals surface area contributed by atoms with Gasteiger partial charge in [0.25, 0.3) is 0 Å². The number of aliphatic hydroxyl groups excluding tert-OH is 1. The average Bonchev–Trinajstić information content (AvgIpc) is 3.32. The van der Waals surface area contributed by atoms with E-state index in [0.717, 1.165) is 19.6 Å². The summed E-state index contributed by atoms with van der Waals surface area (Å²) in [5.74, 6) is 0.159. The number of nitrogens with zero attached hydrogens (tertiary/aromatic N) is 3. The van der Waals surface area contributed by atoms with Crippen molar-refractivity contribution in [3.05, 3.63) is 23.5 Å². The second-order valence-electron chi connectivity index (χ2n) is 9.61. The minimum absolute atomic E-state index is 0.0208. The zero-order valence-electron chi connectivity index (χ0n) is 17.1. The highest BCUT2D eigenvalue weighted by Gasteiger charge is 2.55. The van der Waals surface area contributed by atoms with Crippen molar-refractivity contribution < 1.29 is 13.5 Å². The summed E-state index contributed by atoms with van der Waals surface area (Å²) >= 11 is 0. The fourth-order valence-corrected chi connectivity index (χ4v) is 7.03. The summed E-state index contributed by atoms with van der Waals surface area (Å²) in [6.45, 7) is 10.3. The molecule has 2 fully saturated rings. The van der Waals surface area contributed by atoms with Crippen LogP contribution in [-0.2, 0) is 10.0 Å². The Hall–Kier alpha value is -1.22. The third kappa shape index (κ3) is 3.24. The van der Waals surface area contributed by atoms with Gasteiger partial charge < -0.3 is 5.11 Å². The van der Waals surface area contributed by atoms with Crippen LogP contribution >= 0.6 is 0 Å². The quantitative estimate of drug-likeness (QED) is 0.726. The first-order valence-electron chi connectivity index (χ1n) is 10.2. The van der Waals surface area contributed by atoms with Gasteiger partial charge in [0.15, 0.2) is 0 Å². The molecule has 2 atom stereocenters. The van der Waals surface area contributed by atoms with Crippen molar-refractivity contribution in [2.75, 3.05) is 39.3 Å². The van der Waals surface area contributed by atoms with Crippen molar-refractivity contribution >= 4 is 10.0 Å². The lowest BCUT2D eigenvalue weighted by molar-refractivity contribution is 0.120. The second kappa shape index (κ2) is 6.93. The summed E-state index contributed by atoms with van der Waals surface area (Å²) in [5.41, 5.74) is 2.90. The number of aromatic nitrogens is 2. The number of aliphatic hydroxyl groups is 1. The molecule has 3 heterocycles. The number of hydrogen-bond donors (Lipinski definition) is 2. The molecule has 0 saturated carbocycles. The molecule has 2 aliphatic heterocycles. The number of fused-ring (bicyclic) bond motifs is 1. The Morgan fingerprint density at radius 3 is 2.71 bits per heavy atom. The van der Waals surface area contributed by atoms with Gasteiger partial charge in [0.2, 0.25) is 10.0 Å². The maximum absolute atomic E-state index is 12.9. The van der Waals surface area contributed by atoms with Crippen molar-refractivity contribution in [1.82, 2.24) is 19.4 Å². The number of rotatable bonds is 5. The first-order valence-corrected chi connectivity index (χ1v) is 11.6. The minimum Gasteiger partial charge on any atom is -0.396 e. The summed E-state index contributed by atoms with van der Waals surface area (Å²) in [5, 5.41) is 16.6. The van der Waals surface area contributed by atoms with Crippen LogP contribution in [0, 0.1) is 16.7 Å². The SMILES string of the molecule is CC1=C(CN2CC3CN(S(=O)(=O)c4cn[nH]c4)CC3(CO)C2)C(C)(C)CCC1. The van der Waals surface area contributed by atoms with Crippen LogP contribution in [-0.4, -0.2) is 72.3 Å². The van der Waals surface area contributed by atoms with E-state index in [2.05, 4.69) is 35.9 Å². The molecule has 2 unspecified atom stereocenters. The molecule has 0 spiro atoms. The molecule has 1 aliphatic carbocycles. The third-order valence-electron chi connectivity index (χ3n) is 7.29. The first-order chi connectivity index (χ1) is 13.2. The molecular formula is C20H32N4O3S. The number of aromatic amines is 1. The molecule has 0 aromatic carbocycles. The number of nitrogens with one attached hydrogen (secondary N) is 1. The van der Waals surface area contributed by atoms with Crippen LogP contribution in [0.4, 0.5) is 0 Å². The van der Waals surface area contributed by atoms with Gasteiger partial charge in [-0.25, -0.2) is 8.42 Å². The summed E-state index contributed by atoms with van der Waals surface area (Å²) in [4.78, 5) is 2.64. The van der Waals surface area contributed by atoms with Gasteiger partial charge in [0.1, 0.15) is 4.90 Å². The highest BCUT2D eigenvalue weighted by molar-refractivity contribution is 7.89. The lowest BCUT2D eigenvalue weighted by atomic mass is 9.72. The number of sulfonamides is 1. The van der Waals surface area contributed by atoms with Crippen LogP contribution in [0.1, 0.15) is 40.0 Å². The van der Waals surface area contributed by atoms with Crippen molar-refractivity contribution in [2.24, 2.45) is 16.7 Å². The lowest BCUT2D eigenvalue weighted by Gasteiger charge is -2.37. The normalized spacial score (nSPS) is 31.5. The van der Waals surface area contributed by atoms with E-state index in [-0.39, 0.29) is 28.3 Å². The molecule has 7 nitrogen and oxygen atoms in total. The van der Waals surface area contributed by atoms with Crippen molar-refractivity contribution in [1.29, 1.82) is 0 Å². The summed E-state index contributed by atoms with van der Waals surface area (Å²) in [6, 6.07) is 0. The molecule has 1 aromatic rings. The van der Waals surface area contributed by atoms with Gasteiger partial charge in [-0.15, -0.1) is 0 Å². The van der Waals surface area contributed by atoms with Gasteiger partial charge >= 0.3 is 0 Å². The van der Waals surface area contributed by atoms with Crippen LogP contribution in [0.5, 0.6) is 0 Å². The zero-order chi connectivity index (χ0) is 20.2. The lowest BCUT2D eigenvalue weighted by Crippen LogP contribution is -2.40. The highest BCUT2D eigenvalue weighted by Crippen LogP contribution is 2.46. The van der Waals surface area contributed by atoms with E-state index in [1.807, 2.05) is 0 Å². The van der Waals surface area contributed by atoms with Crippen LogP contribution in [0.3, 0.4) is 0 Å². The first kappa shape index (κ1) is 20.1. The van der Waals surface area contributed by atoms with Gasteiger partial charge in [-0.2, -0.15) is 9.40 Å². The summed E-state index contributed by atoms with van der Waals surface area (Å²) in [6.07, 6.45) is 6.42. The van der Waals surface area contributed by atoms with Gasteiger partial charge in [0, 0.05) is 44.3 Å². The van der Waals surface area contributed by atoms with Crippen LogP contribution < -0.4 is 0 Å². The van der Waals surface area contributed by atoms with E-state index in [4.69, 9.17) is 0 Å². The topological polar surface area (TPSA) is 89.5 Å². The predicted molar refractivity (Wildman–Crippen MR) is 107 cm³/mol. The average molecular weight is 409 g/mol. The van der Waals surface area contributed by atoms with Crippen LogP contribution in [0.15, 0.2) is 28.4 Å². The molecule has 2 saturated heterocycles. The molecular weight excluding hydrogens is 376 g/mol. The van der Waals surface area contributed by atoms with Crippen molar-refractivity contribution in [2.45, 2.75) is 44.9 Å². The van der Waals surface area contributed by atoms with E-state index in [9.17, 15) is 13.5 Å². The highest BCUT2D eigenvalue weighted by atomic mass is 32.2. The molecule has 8 heteroatoms. The summed E-state index contributed by atoms with van der Waals surface area (Å²) in [7, 11) is -3.56. The van der Waals surface area contributed by atoms with E-state index < -0.39 is 10.0 Å². The Kier molecular flexibility index (Phi) is 4.97. The van der Waals surface area contributed by atoms with E-state index >= 15 is 0 Å². The standard InChI is InChI=1S/C20H32N4O3S/c1-15-5-4-6-19(2,3)18(15)11-23-9-16-10-24(13-20(16,12-23)14-25)28(26,27)17-7-21-22-8-17/h7-8,16,25H,4-6,9-14H2,1-3H3,(H,21,22). The molecule has 2 N–H and O–H groups in total. The number of likely N-dealkylation sites (tertiary alicyclic amines) is 1. The Bertz CT molecular complexity index is 862. The van der Waals surface area contributed by atoms with Crippen molar-refractivity contribution in [3.63, 3.8) is 0 Å². The van der Waals surface area contributed by atoms with Gasteiger partial charge in [-0.05, 0) is 37.5 Å². The number of hydrogen-bond acceptors (Lipinski definition) is 5. The summed E-state index contributed by atoms with van der Waals surface area (Å²) < 4.78 is 27.3. The second-order valence-corrected chi connectivity index (χ2v) is 11.6. The molecule has 1 aromatic heterocycles. The van der Waals surface area contributed by atoms with Gasteiger partial charge in [-0.1, -0.05) is 25.0 Å².